The van der Waals surface area contributed by atoms with Gasteiger partial charge in [-0.3, -0.25) is 4.79 Å². The highest BCUT2D eigenvalue weighted by Crippen LogP contribution is 2.47. The Balaban J connectivity index is 1.68. The number of carbonyl (C=O) groups is 1. The second kappa shape index (κ2) is 12.6. The van der Waals surface area contributed by atoms with Crippen LogP contribution in [-0.4, -0.2) is 31.6 Å². The molecule has 4 nitrogen and oxygen atoms in total. The molecule has 1 aliphatic rings. The number of amides is 1. The summed E-state index contributed by atoms with van der Waals surface area (Å²) in [5, 5.41) is 6.36. The third-order valence-corrected chi connectivity index (χ3v) is 8.34. The molecule has 0 saturated heterocycles. The maximum Gasteiger partial charge on any atom is 0.251 e. The van der Waals surface area contributed by atoms with Crippen LogP contribution >= 0.6 is 0 Å². The highest BCUT2D eigenvalue weighted by atomic mass is 16.5. The molecule has 40 heavy (non-hydrogen) atoms. The smallest absolute Gasteiger partial charge is 0.251 e. The van der Waals surface area contributed by atoms with E-state index in [1.54, 1.807) is 0 Å². The number of nitrogens with one attached hydrogen (secondary N) is 2. The van der Waals surface area contributed by atoms with Gasteiger partial charge in [0.1, 0.15) is 5.75 Å². The van der Waals surface area contributed by atoms with Crippen LogP contribution in [0.3, 0.4) is 0 Å². The van der Waals surface area contributed by atoms with Gasteiger partial charge in [0.05, 0.1) is 6.61 Å². The summed E-state index contributed by atoms with van der Waals surface area (Å²) in [6.45, 7) is 18.1. The molecule has 4 rings (SSSR count). The zero-order valence-corrected chi connectivity index (χ0v) is 25.6. The summed E-state index contributed by atoms with van der Waals surface area (Å²) >= 11 is 0. The van der Waals surface area contributed by atoms with Gasteiger partial charge < -0.3 is 15.4 Å². The van der Waals surface area contributed by atoms with Gasteiger partial charge in [-0.05, 0) is 102 Å². The molecule has 2 N–H and O–H groups in total. The number of unbranched alkanes of at least 4 members (excludes halogenated alkanes) is 1. The van der Waals surface area contributed by atoms with Gasteiger partial charge >= 0.3 is 0 Å². The lowest BCUT2D eigenvalue weighted by Crippen LogP contribution is -2.33. The number of hydrogen-bond acceptors (Lipinski definition) is 3. The van der Waals surface area contributed by atoms with Gasteiger partial charge in [-0.1, -0.05) is 77.9 Å². The molecule has 0 fully saturated rings. The van der Waals surface area contributed by atoms with Gasteiger partial charge in [0.25, 0.3) is 5.91 Å². The number of fused-ring (bicyclic) bond motifs is 1. The molecule has 0 bridgehead atoms. The molecular formula is C36H48N2O2. The average molecular weight is 541 g/mol. The van der Waals surface area contributed by atoms with Crippen LogP contribution < -0.4 is 15.4 Å². The molecule has 0 unspecified atom stereocenters. The number of carbonyl (C=O) groups excluding carboxylic acids is 1. The predicted molar refractivity (Wildman–Crippen MR) is 168 cm³/mol. The lowest BCUT2D eigenvalue weighted by Gasteiger charge is -2.42. The fraction of sp³-hybridized carbons (Fsp3) is 0.472. The fourth-order valence-corrected chi connectivity index (χ4v) is 5.69. The van der Waals surface area contributed by atoms with E-state index in [9.17, 15) is 4.79 Å². The van der Waals surface area contributed by atoms with Crippen molar-refractivity contribution in [2.45, 2.75) is 91.0 Å². The second-order valence-corrected chi connectivity index (χ2v) is 12.8. The van der Waals surface area contributed by atoms with Crippen molar-refractivity contribution in [2.75, 3.05) is 19.7 Å². The highest BCUT2D eigenvalue weighted by molar-refractivity contribution is 5.94. The molecule has 0 saturated carbocycles. The zero-order valence-electron chi connectivity index (χ0n) is 25.6. The van der Waals surface area contributed by atoms with Crippen LogP contribution in [0.15, 0.2) is 60.7 Å². The summed E-state index contributed by atoms with van der Waals surface area (Å²) in [7, 11) is 0. The molecule has 0 spiro atoms. The molecule has 3 aromatic carbocycles. The predicted octanol–water partition coefficient (Wildman–Crippen LogP) is 8.28. The van der Waals surface area contributed by atoms with Crippen molar-refractivity contribution in [1.29, 1.82) is 0 Å². The quantitative estimate of drug-likeness (QED) is 0.241. The van der Waals surface area contributed by atoms with Crippen LogP contribution in [-0.2, 0) is 10.8 Å². The SMILES string of the molecule is CCNC(=O)c1ccc(-c2ccc(OCCCCNC(C)C)c(-c3ccc4c(c3)C(C)(C)CCC4(C)C)c2)cc1. The number of benzene rings is 3. The molecule has 0 aliphatic heterocycles. The number of ether oxygens (including phenoxy) is 1. The van der Waals surface area contributed by atoms with E-state index in [0.717, 1.165) is 41.8 Å². The van der Waals surface area contributed by atoms with Crippen LogP contribution in [0, 0.1) is 0 Å². The summed E-state index contributed by atoms with van der Waals surface area (Å²) in [5.41, 5.74) is 8.42. The van der Waals surface area contributed by atoms with Gasteiger partial charge in [0.15, 0.2) is 0 Å². The van der Waals surface area contributed by atoms with E-state index >= 15 is 0 Å². The molecule has 0 aromatic heterocycles. The first-order valence-corrected chi connectivity index (χ1v) is 15.1. The van der Waals surface area contributed by atoms with E-state index in [0.29, 0.717) is 24.8 Å². The molecule has 214 valence electrons. The van der Waals surface area contributed by atoms with Gasteiger partial charge in [-0.15, -0.1) is 0 Å². The number of hydrogen-bond donors (Lipinski definition) is 2. The Bertz CT molecular complexity index is 1300. The summed E-state index contributed by atoms with van der Waals surface area (Å²) in [6, 6.07) is 21.9. The Labute approximate surface area is 241 Å². The third-order valence-electron chi connectivity index (χ3n) is 8.34. The van der Waals surface area contributed by atoms with E-state index in [1.165, 1.54) is 29.5 Å². The van der Waals surface area contributed by atoms with E-state index in [2.05, 4.69) is 88.6 Å². The highest BCUT2D eigenvalue weighted by Gasteiger charge is 2.37. The van der Waals surface area contributed by atoms with Gasteiger partial charge in [-0.2, -0.15) is 0 Å². The molecule has 0 atom stereocenters. The standard InChI is InChI=1S/C36H48N2O2/c1-8-37-34(39)27-13-11-26(12-14-27)28-16-18-33(40-22-10-9-21-38-25(2)3)30(23-28)29-15-17-31-32(24-29)36(6,7)20-19-35(31,4)5/h11-18,23-25,38H,8-10,19-22H2,1-7H3,(H,37,39). The van der Waals surface area contributed by atoms with Crippen molar-refractivity contribution in [2.24, 2.45) is 0 Å². The van der Waals surface area contributed by atoms with Gasteiger partial charge in [0.2, 0.25) is 0 Å². The summed E-state index contributed by atoms with van der Waals surface area (Å²) in [6.07, 6.45) is 4.48. The van der Waals surface area contributed by atoms with Crippen molar-refractivity contribution in [1.82, 2.24) is 10.6 Å². The van der Waals surface area contributed by atoms with Crippen LogP contribution in [0.5, 0.6) is 5.75 Å². The van der Waals surface area contributed by atoms with Crippen molar-refractivity contribution in [3.8, 4) is 28.0 Å². The second-order valence-electron chi connectivity index (χ2n) is 12.8. The Hall–Kier alpha value is -3.11. The molecular weight excluding hydrogens is 492 g/mol. The summed E-state index contributed by atoms with van der Waals surface area (Å²) in [4.78, 5) is 12.3. The van der Waals surface area contributed by atoms with E-state index in [4.69, 9.17) is 4.74 Å². The lowest BCUT2D eigenvalue weighted by atomic mass is 9.63. The van der Waals surface area contributed by atoms with E-state index in [1.807, 2.05) is 31.2 Å². The minimum atomic E-state index is -0.0401. The first-order chi connectivity index (χ1) is 19.0. The zero-order chi connectivity index (χ0) is 28.9. The topological polar surface area (TPSA) is 50.4 Å². The monoisotopic (exact) mass is 540 g/mol. The third kappa shape index (κ3) is 6.96. The Morgan fingerprint density at radius 1 is 0.825 bits per heavy atom. The van der Waals surface area contributed by atoms with Crippen molar-refractivity contribution in [3.63, 3.8) is 0 Å². The number of rotatable bonds is 11. The molecule has 1 aliphatic carbocycles. The minimum absolute atomic E-state index is 0.0401. The van der Waals surface area contributed by atoms with Crippen LogP contribution in [0.1, 0.15) is 95.6 Å². The first kappa shape index (κ1) is 29.9. The molecule has 0 heterocycles. The Morgan fingerprint density at radius 2 is 1.48 bits per heavy atom. The first-order valence-electron chi connectivity index (χ1n) is 15.1. The molecule has 3 aromatic rings. The van der Waals surface area contributed by atoms with Gasteiger partial charge in [0, 0.05) is 23.7 Å². The van der Waals surface area contributed by atoms with E-state index < -0.39 is 0 Å². The van der Waals surface area contributed by atoms with Crippen LogP contribution in [0.4, 0.5) is 0 Å². The molecule has 4 heteroatoms. The maximum absolute atomic E-state index is 12.3. The Morgan fingerprint density at radius 3 is 2.15 bits per heavy atom. The summed E-state index contributed by atoms with van der Waals surface area (Å²) in [5.74, 6) is 0.883. The van der Waals surface area contributed by atoms with Crippen molar-refractivity contribution >= 4 is 5.91 Å². The fourth-order valence-electron chi connectivity index (χ4n) is 5.69. The van der Waals surface area contributed by atoms with Crippen LogP contribution in [0.2, 0.25) is 0 Å². The van der Waals surface area contributed by atoms with Crippen molar-refractivity contribution < 1.29 is 9.53 Å². The minimum Gasteiger partial charge on any atom is -0.493 e. The van der Waals surface area contributed by atoms with E-state index in [-0.39, 0.29) is 16.7 Å². The molecule has 1 amide bonds. The average Bonchev–Trinajstić information content (AvgIpc) is 2.93. The summed E-state index contributed by atoms with van der Waals surface area (Å²) < 4.78 is 6.42. The largest absolute Gasteiger partial charge is 0.493 e. The molecule has 0 radical (unpaired) electrons. The van der Waals surface area contributed by atoms with Crippen LogP contribution in [0.25, 0.3) is 22.3 Å². The maximum atomic E-state index is 12.3. The van der Waals surface area contributed by atoms with Gasteiger partial charge in [-0.25, -0.2) is 0 Å². The van der Waals surface area contributed by atoms with Crippen molar-refractivity contribution in [3.05, 3.63) is 77.4 Å². The normalized spacial score (nSPS) is 15.5. The lowest BCUT2D eigenvalue weighted by molar-refractivity contribution is 0.0956. The Kier molecular flexibility index (Phi) is 9.41.